The molecule has 0 amide bonds. The van der Waals surface area contributed by atoms with Gasteiger partial charge in [-0.05, 0) is 5.92 Å². The largest absolute Gasteiger partial charge is 0.396 e. The molecule has 13 heavy (non-hydrogen) atoms. The monoisotopic (exact) mass is 182 g/mol. The molecule has 0 aromatic carbocycles. The number of aliphatic hydroxyl groups excluding tert-OH is 1. The summed E-state index contributed by atoms with van der Waals surface area (Å²) in [5.41, 5.74) is 6.12. The van der Waals surface area contributed by atoms with E-state index in [9.17, 15) is 0 Å². The highest BCUT2D eigenvalue weighted by molar-refractivity contribution is 5.58. The van der Waals surface area contributed by atoms with Gasteiger partial charge in [0.05, 0.1) is 11.9 Å². The fraction of sp³-hybridized carbons (Fsp3) is 0.500. The van der Waals surface area contributed by atoms with Gasteiger partial charge in [0.1, 0.15) is 6.33 Å². The zero-order valence-corrected chi connectivity index (χ0v) is 7.57. The molecule has 4 N–H and O–H groups in total. The van der Waals surface area contributed by atoms with Crippen LogP contribution in [0.5, 0.6) is 0 Å². The first-order chi connectivity index (χ1) is 6.24. The molecule has 1 heterocycles. The van der Waals surface area contributed by atoms with Crippen molar-refractivity contribution in [3.8, 4) is 0 Å². The maximum Gasteiger partial charge on any atom is 0.152 e. The Kier molecular flexibility index (Phi) is 3.45. The van der Waals surface area contributed by atoms with Crippen LogP contribution in [0.25, 0.3) is 0 Å². The van der Waals surface area contributed by atoms with Gasteiger partial charge in [-0.15, -0.1) is 0 Å². The third-order valence-electron chi connectivity index (χ3n) is 1.67. The minimum Gasteiger partial charge on any atom is -0.396 e. The van der Waals surface area contributed by atoms with Crippen LogP contribution >= 0.6 is 0 Å². The van der Waals surface area contributed by atoms with Crippen molar-refractivity contribution in [3.63, 3.8) is 0 Å². The van der Waals surface area contributed by atoms with E-state index in [1.54, 1.807) is 6.20 Å². The summed E-state index contributed by atoms with van der Waals surface area (Å²) < 4.78 is 0. The van der Waals surface area contributed by atoms with Crippen molar-refractivity contribution in [2.24, 2.45) is 5.92 Å². The van der Waals surface area contributed by atoms with Crippen molar-refractivity contribution in [1.29, 1.82) is 0 Å². The van der Waals surface area contributed by atoms with Crippen LogP contribution in [0.2, 0.25) is 0 Å². The van der Waals surface area contributed by atoms with Crippen molar-refractivity contribution in [3.05, 3.63) is 12.5 Å². The van der Waals surface area contributed by atoms with Crippen LogP contribution in [0.15, 0.2) is 12.5 Å². The lowest BCUT2D eigenvalue weighted by Gasteiger charge is -2.10. The Morgan fingerprint density at radius 1 is 1.69 bits per heavy atom. The molecule has 1 atom stereocenters. The number of aliphatic hydroxyl groups is 1. The Balaban J connectivity index is 2.50. The average molecular weight is 182 g/mol. The van der Waals surface area contributed by atoms with Crippen LogP contribution < -0.4 is 11.1 Å². The molecule has 0 saturated heterocycles. The van der Waals surface area contributed by atoms with E-state index < -0.39 is 0 Å². The van der Waals surface area contributed by atoms with Crippen LogP contribution in [0, 0.1) is 5.92 Å². The predicted molar refractivity (Wildman–Crippen MR) is 51.2 cm³/mol. The number of rotatable bonds is 4. The zero-order chi connectivity index (χ0) is 9.68. The summed E-state index contributed by atoms with van der Waals surface area (Å²) >= 11 is 0. The topological polar surface area (TPSA) is 84.1 Å². The van der Waals surface area contributed by atoms with E-state index >= 15 is 0 Å². The number of aromatic nitrogens is 2. The molecular formula is C8H14N4O. The number of anilines is 2. The molecule has 0 radical (unpaired) electrons. The van der Waals surface area contributed by atoms with Gasteiger partial charge in [-0.25, -0.2) is 9.97 Å². The van der Waals surface area contributed by atoms with Gasteiger partial charge < -0.3 is 16.2 Å². The molecule has 0 fully saturated rings. The van der Waals surface area contributed by atoms with Gasteiger partial charge in [0, 0.05) is 13.2 Å². The molecular weight excluding hydrogens is 168 g/mol. The molecule has 0 spiro atoms. The van der Waals surface area contributed by atoms with Gasteiger partial charge in [0.15, 0.2) is 5.82 Å². The van der Waals surface area contributed by atoms with E-state index in [4.69, 9.17) is 10.8 Å². The van der Waals surface area contributed by atoms with Crippen molar-refractivity contribution in [2.45, 2.75) is 6.92 Å². The number of hydrogen-bond acceptors (Lipinski definition) is 5. The molecule has 72 valence electrons. The SMILES string of the molecule is CC(CO)CNc1ncncc1N. The first-order valence-corrected chi connectivity index (χ1v) is 4.14. The van der Waals surface area contributed by atoms with Crippen LogP contribution in [0.3, 0.4) is 0 Å². The summed E-state index contributed by atoms with van der Waals surface area (Å²) in [5, 5.41) is 11.8. The Morgan fingerprint density at radius 2 is 2.46 bits per heavy atom. The average Bonchev–Trinajstić information content (AvgIpc) is 2.16. The van der Waals surface area contributed by atoms with Crippen molar-refractivity contribution in [2.75, 3.05) is 24.2 Å². The van der Waals surface area contributed by atoms with Crippen molar-refractivity contribution < 1.29 is 5.11 Å². The first-order valence-electron chi connectivity index (χ1n) is 4.14. The normalized spacial score (nSPS) is 12.5. The highest BCUT2D eigenvalue weighted by Gasteiger charge is 2.02. The molecule has 1 unspecified atom stereocenters. The lowest BCUT2D eigenvalue weighted by Crippen LogP contribution is -2.16. The van der Waals surface area contributed by atoms with E-state index in [0.717, 1.165) is 0 Å². The fourth-order valence-corrected chi connectivity index (χ4v) is 0.824. The number of nitrogens with two attached hydrogens (primary N) is 1. The third-order valence-corrected chi connectivity index (χ3v) is 1.67. The second-order valence-corrected chi connectivity index (χ2v) is 3.00. The van der Waals surface area contributed by atoms with Gasteiger partial charge in [-0.3, -0.25) is 0 Å². The summed E-state index contributed by atoms with van der Waals surface area (Å²) in [6.45, 7) is 2.74. The van der Waals surface area contributed by atoms with E-state index in [1.807, 2.05) is 6.92 Å². The summed E-state index contributed by atoms with van der Waals surface area (Å²) in [7, 11) is 0. The number of hydrogen-bond donors (Lipinski definition) is 3. The standard InChI is InChI=1S/C8H14N4O/c1-6(4-13)2-11-8-7(9)3-10-5-12-8/h3,5-6,13H,2,4,9H2,1H3,(H,10,11,12). The van der Waals surface area contributed by atoms with Gasteiger partial charge in [0.2, 0.25) is 0 Å². The van der Waals surface area contributed by atoms with Crippen LogP contribution in [0.1, 0.15) is 6.92 Å². The summed E-state index contributed by atoms with van der Waals surface area (Å²) in [6, 6.07) is 0. The summed E-state index contributed by atoms with van der Waals surface area (Å²) in [6.07, 6.45) is 2.97. The Morgan fingerprint density at radius 3 is 3.08 bits per heavy atom. The van der Waals surface area contributed by atoms with Gasteiger partial charge in [0.25, 0.3) is 0 Å². The van der Waals surface area contributed by atoms with E-state index in [-0.39, 0.29) is 12.5 Å². The Labute approximate surface area is 77.0 Å². The fourth-order valence-electron chi connectivity index (χ4n) is 0.824. The molecule has 5 heteroatoms. The number of nitrogens with one attached hydrogen (secondary N) is 1. The highest BCUT2D eigenvalue weighted by Crippen LogP contribution is 2.11. The molecule has 1 aromatic rings. The molecule has 1 rings (SSSR count). The van der Waals surface area contributed by atoms with Gasteiger partial charge >= 0.3 is 0 Å². The Bertz CT molecular complexity index is 266. The Hall–Kier alpha value is -1.36. The quantitative estimate of drug-likeness (QED) is 0.615. The van der Waals surface area contributed by atoms with Gasteiger partial charge in [-0.1, -0.05) is 6.92 Å². The van der Waals surface area contributed by atoms with E-state index in [2.05, 4.69) is 15.3 Å². The van der Waals surface area contributed by atoms with E-state index in [0.29, 0.717) is 18.1 Å². The maximum absolute atomic E-state index is 8.78. The molecule has 0 aliphatic rings. The summed E-state index contributed by atoms with van der Waals surface area (Å²) in [4.78, 5) is 7.72. The third kappa shape index (κ3) is 2.87. The van der Waals surface area contributed by atoms with Gasteiger partial charge in [-0.2, -0.15) is 0 Å². The predicted octanol–water partition coefficient (Wildman–Crippen LogP) is 0.0991. The minimum atomic E-state index is 0.151. The minimum absolute atomic E-state index is 0.151. The molecule has 1 aromatic heterocycles. The zero-order valence-electron chi connectivity index (χ0n) is 7.57. The second kappa shape index (κ2) is 4.61. The molecule has 0 saturated carbocycles. The number of nitrogens with zero attached hydrogens (tertiary/aromatic N) is 2. The first kappa shape index (κ1) is 9.73. The van der Waals surface area contributed by atoms with E-state index in [1.165, 1.54) is 6.33 Å². The molecule has 0 aliphatic heterocycles. The van der Waals surface area contributed by atoms with Crippen LogP contribution in [-0.4, -0.2) is 28.2 Å². The van der Waals surface area contributed by atoms with Crippen molar-refractivity contribution in [1.82, 2.24) is 9.97 Å². The lowest BCUT2D eigenvalue weighted by molar-refractivity contribution is 0.244. The smallest absolute Gasteiger partial charge is 0.152 e. The molecule has 0 bridgehead atoms. The lowest BCUT2D eigenvalue weighted by atomic mass is 10.2. The maximum atomic E-state index is 8.78. The number of nitrogen functional groups attached to an aromatic ring is 1. The van der Waals surface area contributed by atoms with Crippen molar-refractivity contribution >= 4 is 11.5 Å². The summed E-state index contributed by atoms with van der Waals surface area (Å²) in [5.74, 6) is 0.810. The van der Waals surface area contributed by atoms with Crippen LogP contribution in [0.4, 0.5) is 11.5 Å². The second-order valence-electron chi connectivity index (χ2n) is 3.00. The molecule has 5 nitrogen and oxygen atoms in total. The van der Waals surface area contributed by atoms with Crippen LogP contribution in [-0.2, 0) is 0 Å². The molecule has 0 aliphatic carbocycles. The highest BCUT2D eigenvalue weighted by atomic mass is 16.3.